The summed E-state index contributed by atoms with van der Waals surface area (Å²) < 4.78 is 0. The Labute approximate surface area is 194 Å². The normalized spacial score (nSPS) is 14.7. The quantitative estimate of drug-likeness (QED) is 0.206. The first kappa shape index (κ1) is 25.7. The van der Waals surface area contributed by atoms with Gasteiger partial charge in [0.1, 0.15) is 0 Å². The summed E-state index contributed by atoms with van der Waals surface area (Å²) in [5.41, 5.74) is 2.65. The summed E-state index contributed by atoms with van der Waals surface area (Å²) >= 11 is 0. The highest BCUT2D eigenvalue weighted by Gasteiger charge is 2.20. The molecule has 1 fully saturated rings. The van der Waals surface area contributed by atoms with Gasteiger partial charge in [0.15, 0.2) is 5.96 Å². The molecule has 1 aliphatic rings. The lowest BCUT2D eigenvalue weighted by molar-refractivity contribution is -0.128. The van der Waals surface area contributed by atoms with Crippen LogP contribution in [0.15, 0.2) is 29.3 Å². The molecular weight excluding hydrogens is 475 g/mol. The van der Waals surface area contributed by atoms with Gasteiger partial charge in [0.25, 0.3) is 0 Å². The molecule has 0 spiro atoms. The molecule has 164 valence electrons. The van der Waals surface area contributed by atoms with Gasteiger partial charge in [-0.15, -0.1) is 24.0 Å². The van der Waals surface area contributed by atoms with Gasteiger partial charge in [0.05, 0.1) is 0 Å². The van der Waals surface area contributed by atoms with Gasteiger partial charge in [-0.3, -0.25) is 9.79 Å². The van der Waals surface area contributed by atoms with E-state index in [4.69, 9.17) is 0 Å². The van der Waals surface area contributed by atoms with Crippen molar-refractivity contribution in [3.63, 3.8) is 0 Å². The van der Waals surface area contributed by atoms with E-state index in [-0.39, 0.29) is 35.3 Å². The molecule has 0 bridgehead atoms. The van der Waals surface area contributed by atoms with Crippen molar-refractivity contribution in [2.45, 2.75) is 72.4 Å². The summed E-state index contributed by atoms with van der Waals surface area (Å²) in [6, 6.07) is 8.46. The second-order valence-electron chi connectivity index (χ2n) is 8.64. The number of unbranched alkanes of at least 4 members (excludes halogenated alkanes) is 2. The number of hydrogen-bond donors (Lipinski definition) is 2. The molecule has 0 unspecified atom stereocenters. The molecule has 0 aromatic heterocycles. The third-order valence-corrected chi connectivity index (χ3v) is 5.41. The molecule has 0 aliphatic carbocycles. The first-order valence-corrected chi connectivity index (χ1v) is 10.7. The van der Waals surface area contributed by atoms with Crippen molar-refractivity contribution in [2.75, 3.05) is 20.1 Å². The van der Waals surface area contributed by atoms with Crippen LogP contribution >= 0.6 is 24.0 Å². The van der Waals surface area contributed by atoms with Crippen LogP contribution in [0.4, 0.5) is 0 Å². The minimum Gasteiger partial charge on any atom is -0.356 e. The fourth-order valence-corrected chi connectivity index (χ4v) is 3.60. The number of rotatable bonds is 10. The van der Waals surface area contributed by atoms with Crippen molar-refractivity contribution in [3.8, 4) is 0 Å². The highest BCUT2D eigenvalue weighted by Crippen LogP contribution is 2.22. The minimum absolute atomic E-state index is 0. The molecule has 0 radical (unpaired) electrons. The molecule has 29 heavy (non-hydrogen) atoms. The van der Waals surface area contributed by atoms with E-state index in [1.807, 2.05) is 11.9 Å². The first-order chi connectivity index (χ1) is 13.4. The van der Waals surface area contributed by atoms with E-state index in [0.717, 1.165) is 32.0 Å². The smallest absolute Gasteiger partial charge is 0.222 e. The lowest BCUT2D eigenvalue weighted by Gasteiger charge is -2.26. The number of benzene rings is 1. The number of likely N-dealkylation sites (tertiary alicyclic amines) is 1. The summed E-state index contributed by atoms with van der Waals surface area (Å²) in [4.78, 5) is 18.2. The zero-order valence-electron chi connectivity index (χ0n) is 18.6. The van der Waals surface area contributed by atoms with Gasteiger partial charge < -0.3 is 15.5 Å². The topological polar surface area (TPSA) is 56.7 Å². The largest absolute Gasteiger partial charge is 0.356 e. The van der Waals surface area contributed by atoms with Gasteiger partial charge in [-0.1, -0.05) is 64.3 Å². The maximum Gasteiger partial charge on any atom is 0.222 e. The van der Waals surface area contributed by atoms with Gasteiger partial charge in [-0.25, -0.2) is 0 Å². The number of halogens is 1. The van der Waals surface area contributed by atoms with Crippen LogP contribution in [0.2, 0.25) is 0 Å². The molecule has 1 amide bonds. The fourth-order valence-electron chi connectivity index (χ4n) is 3.60. The highest BCUT2D eigenvalue weighted by molar-refractivity contribution is 14.0. The fraction of sp³-hybridized carbons (Fsp3) is 0.652. The summed E-state index contributed by atoms with van der Waals surface area (Å²) in [7, 11) is 1.81. The summed E-state index contributed by atoms with van der Waals surface area (Å²) in [5.74, 6) is 1.11. The summed E-state index contributed by atoms with van der Waals surface area (Å²) in [5, 5.41) is 6.89. The van der Waals surface area contributed by atoms with Crippen molar-refractivity contribution in [1.82, 2.24) is 15.5 Å². The average molecular weight is 514 g/mol. The average Bonchev–Trinajstić information content (AvgIpc) is 3.07. The number of nitrogens with one attached hydrogen (secondary N) is 2. The molecule has 1 heterocycles. The van der Waals surface area contributed by atoms with Crippen molar-refractivity contribution in [1.29, 1.82) is 0 Å². The summed E-state index contributed by atoms with van der Waals surface area (Å²) in [6.07, 6.45) is 6.74. The molecule has 1 saturated heterocycles. The monoisotopic (exact) mass is 514 g/mol. The van der Waals surface area contributed by atoms with E-state index in [2.05, 4.69) is 60.7 Å². The lowest BCUT2D eigenvalue weighted by Crippen LogP contribution is -2.41. The molecular formula is C23H39IN4O. The van der Waals surface area contributed by atoms with Gasteiger partial charge in [-0.2, -0.15) is 0 Å². The van der Waals surface area contributed by atoms with E-state index < -0.39 is 0 Å². The molecule has 0 atom stereocenters. The van der Waals surface area contributed by atoms with E-state index >= 15 is 0 Å². The number of nitrogens with zero attached hydrogens (tertiary/aromatic N) is 2. The van der Waals surface area contributed by atoms with E-state index in [1.54, 1.807) is 0 Å². The van der Waals surface area contributed by atoms with Crippen LogP contribution in [-0.2, 0) is 17.9 Å². The third-order valence-electron chi connectivity index (χ3n) is 5.41. The number of carbonyl (C=O) groups excluding carboxylic acids is 1. The minimum atomic E-state index is 0. The Balaban J connectivity index is 0.00000420. The Morgan fingerprint density at radius 2 is 1.97 bits per heavy atom. The Morgan fingerprint density at radius 3 is 2.62 bits per heavy atom. The van der Waals surface area contributed by atoms with Gasteiger partial charge >= 0.3 is 0 Å². The molecule has 6 heteroatoms. The standard InChI is InChI=1S/C23H38N4O.HI/c1-5-6-7-13-23(2,3)18-26-22(24-4)25-16-19-10-8-11-20(15-19)17-27-14-9-12-21(27)28;/h8,10-11,15H,5-7,9,12-14,16-18H2,1-4H3,(H2,24,25,26);1H. The zero-order valence-corrected chi connectivity index (χ0v) is 20.9. The van der Waals surface area contributed by atoms with Crippen LogP contribution in [0, 0.1) is 5.41 Å². The van der Waals surface area contributed by atoms with Crippen LogP contribution in [0.5, 0.6) is 0 Å². The predicted molar refractivity (Wildman–Crippen MR) is 133 cm³/mol. The van der Waals surface area contributed by atoms with Crippen molar-refractivity contribution >= 4 is 35.8 Å². The number of hydrogen-bond acceptors (Lipinski definition) is 2. The number of carbonyl (C=O) groups is 1. The van der Waals surface area contributed by atoms with Crippen molar-refractivity contribution in [2.24, 2.45) is 10.4 Å². The van der Waals surface area contributed by atoms with Crippen LogP contribution in [0.3, 0.4) is 0 Å². The molecule has 2 rings (SSSR count). The van der Waals surface area contributed by atoms with Gasteiger partial charge in [0, 0.05) is 39.6 Å². The van der Waals surface area contributed by atoms with Crippen LogP contribution in [0.1, 0.15) is 70.4 Å². The second kappa shape index (κ2) is 13.1. The third kappa shape index (κ3) is 9.36. The number of guanidine groups is 1. The SMILES string of the molecule is CCCCCC(C)(C)CNC(=NC)NCc1cccc(CN2CCCC2=O)c1.I. The van der Waals surface area contributed by atoms with Crippen LogP contribution in [0.25, 0.3) is 0 Å². The van der Waals surface area contributed by atoms with Crippen molar-refractivity contribution in [3.05, 3.63) is 35.4 Å². The van der Waals surface area contributed by atoms with E-state index in [9.17, 15) is 4.79 Å². The van der Waals surface area contributed by atoms with Crippen LogP contribution < -0.4 is 10.6 Å². The lowest BCUT2D eigenvalue weighted by atomic mass is 9.87. The van der Waals surface area contributed by atoms with E-state index in [0.29, 0.717) is 13.0 Å². The molecule has 0 saturated carbocycles. The Morgan fingerprint density at radius 1 is 1.21 bits per heavy atom. The van der Waals surface area contributed by atoms with Crippen LogP contribution in [-0.4, -0.2) is 36.9 Å². The Bertz CT molecular complexity index is 660. The van der Waals surface area contributed by atoms with Gasteiger partial charge in [0.2, 0.25) is 5.91 Å². The van der Waals surface area contributed by atoms with E-state index in [1.165, 1.54) is 36.8 Å². The number of amides is 1. The predicted octanol–water partition coefficient (Wildman–Crippen LogP) is 4.70. The molecule has 1 aromatic rings. The highest BCUT2D eigenvalue weighted by atomic mass is 127. The van der Waals surface area contributed by atoms with Crippen molar-refractivity contribution < 1.29 is 4.79 Å². The Kier molecular flexibility index (Phi) is 11.6. The Hall–Kier alpha value is -1.31. The molecule has 5 nitrogen and oxygen atoms in total. The molecule has 2 N–H and O–H groups in total. The second-order valence-corrected chi connectivity index (χ2v) is 8.64. The zero-order chi connectivity index (χ0) is 20.4. The maximum atomic E-state index is 11.8. The number of aliphatic imine (C=N–C) groups is 1. The van der Waals surface area contributed by atoms with Gasteiger partial charge in [-0.05, 0) is 29.4 Å². The summed E-state index contributed by atoms with van der Waals surface area (Å²) in [6.45, 7) is 10.1. The first-order valence-electron chi connectivity index (χ1n) is 10.7. The molecule has 1 aromatic carbocycles. The maximum absolute atomic E-state index is 11.8. The molecule has 1 aliphatic heterocycles.